The molecule has 0 saturated carbocycles. The topological polar surface area (TPSA) is 72.9 Å². The number of nitrogens with zero attached hydrogens (tertiary/aromatic N) is 1. The van der Waals surface area contributed by atoms with Crippen LogP contribution in [0.3, 0.4) is 0 Å². The van der Waals surface area contributed by atoms with E-state index in [4.69, 9.17) is 8.92 Å². The van der Waals surface area contributed by atoms with Crippen LogP contribution in [-0.2, 0) is 16.7 Å². The first-order valence-electron chi connectivity index (χ1n) is 9.97. The van der Waals surface area contributed by atoms with Crippen LogP contribution in [0.5, 0.6) is 11.5 Å². The van der Waals surface area contributed by atoms with Gasteiger partial charge in [-0.3, -0.25) is 4.79 Å². The first-order chi connectivity index (χ1) is 15.3. The molecular weight excluding hydrogens is 453 g/mol. The SMILES string of the molecule is CC[C@@H](C)N(Cc1ccccc1OS(=O)(=O)c1ccc(OC)c(F)c1)C(=O)c1cccs1. The summed E-state index contributed by atoms with van der Waals surface area (Å²) in [5.74, 6) is -0.934. The molecule has 0 spiro atoms. The van der Waals surface area contributed by atoms with Gasteiger partial charge >= 0.3 is 10.1 Å². The molecule has 0 bridgehead atoms. The normalized spacial score (nSPS) is 12.2. The zero-order valence-corrected chi connectivity index (χ0v) is 19.6. The number of ether oxygens (including phenoxy) is 1. The van der Waals surface area contributed by atoms with Gasteiger partial charge < -0.3 is 13.8 Å². The molecule has 1 amide bonds. The van der Waals surface area contributed by atoms with Crippen molar-refractivity contribution in [1.82, 2.24) is 4.90 Å². The number of carbonyl (C=O) groups excluding carboxylic acids is 1. The van der Waals surface area contributed by atoms with Crippen LogP contribution in [0.15, 0.2) is 64.9 Å². The lowest BCUT2D eigenvalue weighted by molar-refractivity contribution is 0.0676. The molecule has 2 aromatic carbocycles. The minimum absolute atomic E-state index is 0.0689. The van der Waals surface area contributed by atoms with Crippen molar-refractivity contribution in [1.29, 1.82) is 0 Å². The molecule has 1 aromatic heterocycles. The summed E-state index contributed by atoms with van der Waals surface area (Å²) in [7, 11) is -3.01. The van der Waals surface area contributed by atoms with Crippen LogP contribution in [0.25, 0.3) is 0 Å². The highest BCUT2D eigenvalue weighted by molar-refractivity contribution is 7.87. The quantitative estimate of drug-likeness (QED) is 0.401. The number of thiophene rings is 1. The molecule has 0 radical (unpaired) electrons. The molecule has 0 aliphatic carbocycles. The zero-order chi connectivity index (χ0) is 23.3. The highest BCUT2D eigenvalue weighted by atomic mass is 32.2. The fourth-order valence-corrected chi connectivity index (χ4v) is 4.71. The van der Waals surface area contributed by atoms with E-state index in [1.807, 2.05) is 25.3 Å². The van der Waals surface area contributed by atoms with E-state index in [0.29, 0.717) is 10.4 Å². The summed E-state index contributed by atoms with van der Waals surface area (Å²) >= 11 is 1.35. The number of halogens is 1. The van der Waals surface area contributed by atoms with Crippen molar-refractivity contribution < 1.29 is 26.5 Å². The van der Waals surface area contributed by atoms with Crippen molar-refractivity contribution in [2.45, 2.75) is 37.8 Å². The van der Waals surface area contributed by atoms with Gasteiger partial charge in [-0.05, 0) is 49.1 Å². The molecule has 1 atom stereocenters. The van der Waals surface area contributed by atoms with E-state index in [1.165, 1.54) is 36.6 Å². The third kappa shape index (κ3) is 5.28. The van der Waals surface area contributed by atoms with Gasteiger partial charge in [0.25, 0.3) is 5.91 Å². The van der Waals surface area contributed by atoms with Gasteiger partial charge in [-0.25, -0.2) is 4.39 Å². The molecule has 0 aliphatic heterocycles. The number of methoxy groups -OCH3 is 1. The van der Waals surface area contributed by atoms with Crippen LogP contribution in [0.1, 0.15) is 35.5 Å². The Bertz CT molecular complexity index is 1180. The van der Waals surface area contributed by atoms with E-state index in [2.05, 4.69) is 0 Å². The number of para-hydroxylation sites is 1. The van der Waals surface area contributed by atoms with Crippen LogP contribution < -0.4 is 8.92 Å². The number of amides is 1. The summed E-state index contributed by atoms with van der Waals surface area (Å²) in [6.07, 6.45) is 0.726. The highest BCUT2D eigenvalue weighted by Gasteiger charge is 2.25. The molecule has 0 unspecified atom stereocenters. The van der Waals surface area contributed by atoms with Crippen LogP contribution in [-0.4, -0.2) is 32.4 Å². The van der Waals surface area contributed by atoms with Gasteiger partial charge in [0.15, 0.2) is 11.6 Å². The Morgan fingerprint density at radius 2 is 1.88 bits per heavy atom. The fourth-order valence-electron chi connectivity index (χ4n) is 3.06. The first kappa shape index (κ1) is 23.7. The van der Waals surface area contributed by atoms with E-state index < -0.39 is 15.9 Å². The molecule has 0 fully saturated rings. The lowest BCUT2D eigenvalue weighted by Crippen LogP contribution is -2.37. The van der Waals surface area contributed by atoms with E-state index >= 15 is 0 Å². The van der Waals surface area contributed by atoms with Crippen LogP contribution in [0, 0.1) is 5.82 Å². The maximum atomic E-state index is 14.0. The van der Waals surface area contributed by atoms with Crippen LogP contribution in [0.2, 0.25) is 0 Å². The first-order valence-corrected chi connectivity index (χ1v) is 12.3. The van der Waals surface area contributed by atoms with Crippen molar-refractivity contribution in [3.8, 4) is 11.5 Å². The molecule has 9 heteroatoms. The second-order valence-electron chi connectivity index (χ2n) is 7.11. The van der Waals surface area contributed by atoms with Gasteiger partial charge in [-0.15, -0.1) is 11.3 Å². The van der Waals surface area contributed by atoms with E-state index in [1.54, 1.807) is 29.2 Å². The number of benzene rings is 2. The predicted molar refractivity (Wildman–Crippen MR) is 121 cm³/mol. The standard InChI is InChI=1S/C23H24FNO5S2/c1-4-16(2)25(23(26)22-10-7-13-31-22)15-17-8-5-6-9-20(17)30-32(27,28)18-11-12-21(29-3)19(24)14-18/h5-14,16H,4,15H2,1-3H3/t16-/m1/s1. The van der Waals surface area contributed by atoms with Crippen molar-refractivity contribution in [3.05, 3.63) is 76.2 Å². The van der Waals surface area contributed by atoms with Crippen molar-refractivity contribution in [2.75, 3.05) is 7.11 Å². The molecule has 32 heavy (non-hydrogen) atoms. The summed E-state index contributed by atoms with van der Waals surface area (Å²) < 4.78 is 49.8. The fraction of sp³-hybridized carbons (Fsp3) is 0.261. The van der Waals surface area contributed by atoms with E-state index in [9.17, 15) is 17.6 Å². The average Bonchev–Trinajstić information content (AvgIpc) is 3.32. The largest absolute Gasteiger partial charge is 0.494 e. The Hall–Kier alpha value is -2.91. The van der Waals surface area contributed by atoms with Gasteiger partial charge in [-0.1, -0.05) is 31.2 Å². The molecule has 3 rings (SSSR count). The van der Waals surface area contributed by atoms with Crippen LogP contribution >= 0.6 is 11.3 Å². The molecule has 0 N–H and O–H groups in total. The summed E-state index contributed by atoms with van der Waals surface area (Å²) in [6, 6.07) is 13.4. The molecule has 6 nitrogen and oxygen atoms in total. The summed E-state index contributed by atoms with van der Waals surface area (Å²) in [5.41, 5.74) is 0.523. The maximum absolute atomic E-state index is 14.0. The summed E-state index contributed by atoms with van der Waals surface area (Å²) in [5, 5.41) is 1.83. The number of carbonyl (C=O) groups is 1. The molecule has 3 aromatic rings. The number of rotatable bonds is 9. The lowest BCUT2D eigenvalue weighted by Gasteiger charge is -2.29. The van der Waals surface area contributed by atoms with Gasteiger partial charge in [0.2, 0.25) is 0 Å². The van der Waals surface area contributed by atoms with Crippen molar-refractivity contribution in [2.24, 2.45) is 0 Å². The minimum Gasteiger partial charge on any atom is -0.494 e. The smallest absolute Gasteiger partial charge is 0.339 e. The molecular formula is C23H24FNO5S2. The number of hydrogen-bond donors (Lipinski definition) is 0. The van der Waals surface area contributed by atoms with Gasteiger partial charge in [0, 0.05) is 18.2 Å². The summed E-state index contributed by atoms with van der Waals surface area (Å²) in [6.45, 7) is 4.07. The van der Waals surface area contributed by atoms with E-state index in [-0.39, 0.29) is 34.9 Å². The predicted octanol–water partition coefficient (Wildman–Crippen LogP) is 5.10. The molecule has 170 valence electrons. The van der Waals surface area contributed by atoms with Crippen LogP contribution in [0.4, 0.5) is 4.39 Å². The van der Waals surface area contributed by atoms with Crippen molar-refractivity contribution >= 4 is 27.4 Å². The monoisotopic (exact) mass is 477 g/mol. The summed E-state index contributed by atoms with van der Waals surface area (Å²) in [4.78, 5) is 15.0. The molecule has 1 heterocycles. The van der Waals surface area contributed by atoms with Crippen molar-refractivity contribution in [3.63, 3.8) is 0 Å². The van der Waals surface area contributed by atoms with Gasteiger partial charge in [0.05, 0.1) is 12.0 Å². The second kappa shape index (κ2) is 10.1. The zero-order valence-electron chi connectivity index (χ0n) is 17.9. The minimum atomic E-state index is -4.31. The Labute approximate surface area is 191 Å². The lowest BCUT2D eigenvalue weighted by atomic mass is 10.1. The Kier molecular flexibility index (Phi) is 7.52. The average molecular weight is 478 g/mol. The van der Waals surface area contributed by atoms with E-state index in [0.717, 1.165) is 12.5 Å². The number of hydrogen-bond acceptors (Lipinski definition) is 6. The maximum Gasteiger partial charge on any atom is 0.339 e. The Morgan fingerprint density at radius 1 is 1.12 bits per heavy atom. The van der Waals surface area contributed by atoms with Gasteiger partial charge in [-0.2, -0.15) is 8.42 Å². The molecule has 0 aliphatic rings. The third-order valence-corrected chi connectivity index (χ3v) is 7.13. The Morgan fingerprint density at radius 3 is 2.50 bits per heavy atom. The third-order valence-electron chi connectivity index (χ3n) is 5.04. The Balaban J connectivity index is 1.90. The second-order valence-corrected chi connectivity index (χ2v) is 9.60. The van der Waals surface area contributed by atoms with Gasteiger partial charge in [0.1, 0.15) is 10.6 Å². The highest BCUT2D eigenvalue weighted by Crippen LogP contribution is 2.28. The molecule has 0 saturated heterocycles.